The van der Waals surface area contributed by atoms with E-state index in [0.29, 0.717) is 25.4 Å². The SMILES string of the molecule is CCc1nc(CN2CCC[C@]3(CCC(=O)N(Cc4cnc(C)cn4)C3)C2)no1. The first-order valence-electron chi connectivity index (χ1n) is 10.1. The summed E-state index contributed by atoms with van der Waals surface area (Å²) in [5, 5.41) is 4.10. The lowest BCUT2D eigenvalue weighted by molar-refractivity contribution is -0.140. The number of aromatic nitrogens is 4. The first-order valence-corrected chi connectivity index (χ1v) is 10.1. The monoisotopic (exact) mass is 384 g/mol. The molecule has 8 heteroatoms. The van der Waals surface area contributed by atoms with Crippen molar-refractivity contribution in [3.8, 4) is 0 Å². The second kappa shape index (κ2) is 7.95. The molecule has 1 spiro atoms. The number of hydrogen-bond donors (Lipinski definition) is 0. The standard InChI is InChI=1S/C20H28N6O2/c1-3-18-23-17(24-28-18)12-25-8-4-6-20(13-25)7-5-19(27)26(14-20)11-16-10-21-15(2)9-22-16/h9-10H,3-8,11-14H2,1-2H3/t20-/m0/s1. The molecule has 4 rings (SSSR count). The van der Waals surface area contributed by atoms with Gasteiger partial charge in [0.15, 0.2) is 5.82 Å². The molecule has 28 heavy (non-hydrogen) atoms. The largest absolute Gasteiger partial charge is 0.339 e. The Morgan fingerprint density at radius 3 is 2.82 bits per heavy atom. The van der Waals surface area contributed by atoms with Gasteiger partial charge in [-0.2, -0.15) is 4.98 Å². The fourth-order valence-corrected chi connectivity index (χ4v) is 4.42. The van der Waals surface area contributed by atoms with Gasteiger partial charge in [0, 0.05) is 37.5 Å². The van der Waals surface area contributed by atoms with Gasteiger partial charge in [0.25, 0.3) is 0 Å². The third-order valence-electron chi connectivity index (χ3n) is 5.85. The molecule has 150 valence electrons. The Morgan fingerprint density at radius 2 is 2.07 bits per heavy atom. The summed E-state index contributed by atoms with van der Waals surface area (Å²) in [4.78, 5) is 30.1. The van der Waals surface area contributed by atoms with Crippen LogP contribution >= 0.6 is 0 Å². The Balaban J connectivity index is 1.42. The summed E-state index contributed by atoms with van der Waals surface area (Å²) >= 11 is 0. The number of carbonyl (C=O) groups excluding carboxylic acids is 1. The van der Waals surface area contributed by atoms with Gasteiger partial charge in [-0.1, -0.05) is 12.1 Å². The Bertz CT molecular complexity index is 820. The van der Waals surface area contributed by atoms with Crippen LogP contribution in [0.5, 0.6) is 0 Å². The molecule has 2 aliphatic rings. The van der Waals surface area contributed by atoms with Gasteiger partial charge in [0.2, 0.25) is 11.8 Å². The molecule has 4 heterocycles. The average molecular weight is 384 g/mol. The summed E-state index contributed by atoms with van der Waals surface area (Å²) < 4.78 is 5.24. The minimum atomic E-state index is 0.140. The molecule has 0 bridgehead atoms. The van der Waals surface area contributed by atoms with Gasteiger partial charge in [0.05, 0.1) is 30.7 Å². The van der Waals surface area contributed by atoms with Gasteiger partial charge in [-0.25, -0.2) is 0 Å². The van der Waals surface area contributed by atoms with Crippen molar-refractivity contribution in [1.29, 1.82) is 0 Å². The summed E-state index contributed by atoms with van der Waals surface area (Å²) in [6, 6.07) is 0. The third kappa shape index (κ3) is 4.22. The van der Waals surface area contributed by atoms with Crippen LogP contribution in [0.4, 0.5) is 0 Å². The molecule has 0 radical (unpaired) electrons. The molecule has 0 aromatic carbocycles. The van der Waals surface area contributed by atoms with Gasteiger partial charge in [-0.15, -0.1) is 0 Å². The molecule has 8 nitrogen and oxygen atoms in total. The fraction of sp³-hybridized carbons (Fsp3) is 0.650. The highest BCUT2D eigenvalue weighted by molar-refractivity contribution is 5.77. The van der Waals surface area contributed by atoms with Crippen LogP contribution in [-0.4, -0.2) is 55.4 Å². The first-order chi connectivity index (χ1) is 13.5. The van der Waals surface area contributed by atoms with Crippen LogP contribution in [0.15, 0.2) is 16.9 Å². The van der Waals surface area contributed by atoms with E-state index >= 15 is 0 Å². The number of likely N-dealkylation sites (tertiary alicyclic amines) is 2. The Labute approximate surface area is 165 Å². The number of amides is 1. The number of nitrogens with zero attached hydrogens (tertiary/aromatic N) is 6. The van der Waals surface area contributed by atoms with Crippen molar-refractivity contribution in [2.45, 2.75) is 59.0 Å². The maximum absolute atomic E-state index is 12.5. The van der Waals surface area contributed by atoms with E-state index in [9.17, 15) is 4.79 Å². The Kier molecular flexibility index (Phi) is 5.39. The Hall–Kier alpha value is -2.35. The van der Waals surface area contributed by atoms with Gasteiger partial charge < -0.3 is 9.42 Å². The van der Waals surface area contributed by atoms with Crippen LogP contribution in [0.25, 0.3) is 0 Å². The lowest BCUT2D eigenvalue weighted by Crippen LogP contribution is -2.53. The van der Waals surface area contributed by atoms with E-state index < -0.39 is 0 Å². The summed E-state index contributed by atoms with van der Waals surface area (Å²) in [6.07, 6.45) is 8.14. The van der Waals surface area contributed by atoms with E-state index in [2.05, 4.69) is 25.0 Å². The zero-order valence-electron chi connectivity index (χ0n) is 16.7. The van der Waals surface area contributed by atoms with E-state index in [1.54, 1.807) is 12.4 Å². The van der Waals surface area contributed by atoms with Crippen molar-refractivity contribution in [3.05, 3.63) is 35.5 Å². The van der Waals surface area contributed by atoms with Gasteiger partial charge >= 0.3 is 0 Å². The van der Waals surface area contributed by atoms with Crippen LogP contribution < -0.4 is 0 Å². The fourth-order valence-electron chi connectivity index (χ4n) is 4.42. The molecule has 0 N–H and O–H groups in total. The first kappa shape index (κ1) is 19.0. The maximum atomic E-state index is 12.5. The van der Waals surface area contributed by atoms with E-state index in [1.807, 2.05) is 18.7 Å². The third-order valence-corrected chi connectivity index (χ3v) is 5.85. The Morgan fingerprint density at radius 1 is 1.18 bits per heavy atom. The molecule has 1 atom stereocenters. The molecular weight excluding hydrogens is 356 g/mol. The van der Waals surface area contributed by atoms with Crippen LogP contribution in [0.3, 0.4) is 0 Å². The number of piperidine rings is 2. The lowest BCUT2D eigenvalue weighted by atomic mass is 9.73. The summed E-state index contributed by atoms with van der Waals surface area (Å²) in [6.45, 7) is 7.97. The molecule has 2 aromatic rings. The van der Waals surface area contributed by atoms with Gasteiger partial charge in [-0.05, 0) is 32.7 Å². The van der Waals surface area contributed by atoms with Crippen molar-refractivity contribution < 1.29 is 9.32 Å². The molecule has 0 saturated carbocycles. The van der Waals surface area contributed by atoms with Crippen molar-refractivity contribution in [2.24, 2.45) is 5.41 Å². The van der Waals surface area contributed by atoms with Crippen molar-refractivity contribution >= 4 is 5.91 Å². The molecule has 0 unspecified atom stereocenters. The van der Waals surface area contributed by atoms with Gasteiger partial charge in [0.1, 0.15) is 0 Å². The van der Waals surface area contributed by atoms with Crippen molar-refractivity contribution in [1.82, 2.24) is 29.9 Å². The summed E-state index contributed by atoms with van der Waals surface area (Å²) in [7, 11) is 0. The number of carbonyl (C=O) groups is 1. The van der Waals surface area contributed by atoms with Crippen LogP contribution in [-0.2, 0) is 24.3 Å². The average Bonchev–Trinajstić information content (AvgIpc) is 3.14. The van der Waals surface area contributed by atoms with Crippen LogP contribution in [0, 0.1) is 12.3 Å². The summed E-state index contributed by atoms with van der Waals surface area (Å²) in [5.74, 6) is 1.67. The highest BCUT2D eigenvalue weighted by Crippen LogP contribution is 2.39. The minimum absolute atomic E-state index is 0.140. The van der Waals surface area contributed by atoms with Crippen molar-refractivity contribution in [2.75, 3.05) is 19.6 Å². The van der Waals surface area contributed by atoms with Crippen molar-refractivity contribution in [3.63, 3.8) is 0 Å². The van der Waals surface area contributed by atoms with Crippen LogP contribution in [0.2, 0.25) is 0 Å². The number of hydrogen-bond acceptors (Lipinski definition) is 7. The quantitative estimate of drug-likeness (QED) is 0.780. The summed E-state index contributed by atoms with van der Waals surface area (Å²) in [5.41, 5.74) is 1.88. The molecule has 0 aliphatic carbocycles. The molecule has 2 aliphatic heterocycles. The maximum Gasteiger partial charge on any atom is 0.226 e. The van der Waals surface area contributed by atoms with E-state index in [4.69, 9.17) is 4.52 Å². The normalized spacial score (nSPS) is 23.5. The second-order valence-corrected chi connectivity index (χ2v) is 8.17. The highest BCUT2D eigenvalue weighted by Gasteiger charge is 2.41. The highest BCUT2D eigenvalue weighted by atomic mass is 16.5. The predicted octanol–water partition coefficient (Wildman–Crippen LogP) is 2.14. The van der Waals surface area contributed by atoms with E-state index in [-0.39, 0.29) is 11.3 Å². The predicted molar refractivity (Wildman–Crippen MR) is 102 cm³/mol. The minimum Gasteiger partial charge on any atom is -0.339 e. The zero-order valence-corrected chi connectivity index (χ0v) is 16.7. The molecular formula is C20H28N6O2. The zero-order chi connectivity index (χ0) is 19.6. The molecule has 1 amide bonds. The van der Waals surface area contributed by atoms with E-state index in [1.165, 1.54) is 0 Å². The topological polar surface area (TPSA) is 88.3 Å². The molecule has 2 aromatic heterocycles. The smallest absolute Gasteiger partial charge is 0.226 e. The number of rotatable bonds is 5. The second-order valence-electron chi connectivity index (χ2n) is 8.17. The molecule has 2 saturated heterocycles. The molecule has 2 fully saturated rings. The van der Waals surface area contributed by atoms with Crippen LogP contribution in [0.1, 0.15) is 55.7 Å². The van der Waals surface area contributed by atoms with Gasteiger partial charge in [-0.3, -0.25) is 19.7 Å². The number of aryl methyl sites for hydroxylation is 2. The van der Waals surface area contributed by atoms with E-state index in [0.717, 1.165) is 62.5 Å². The lowest BCUT2D eigenvalue weighted by Gasteiger charge is -2.48.